The van der Waals surface area contributed by atoms with Gasteiger partial charge in [-0.3, -0.25) is 4.79 Å². The van der Waals surface area contributed by atoms with Gasteiger partial charge in [-0.1, -0.05) is 71.1 Å². The molecule has 0 amide bonds. The number of rotatable bonds is 13. The Kier molecular flexibility index (Phi) is 9.97. The van der Waals surface area contributed by atoms with Crippen LogP contribution in [0, 0.1) is 0 Å². The minimum absolute atomic E-state index is 0.0834. The second-order valence-electron chi connectivity index (χ2n) is 6.57. The Balaban J connectivity index is 2.10. The summed E-state index contributed by atoms with van der Waals surface area (Å²) in [6.45, 7) is 2.23. The first-order valence-corrected chi connectivity index (χ1v) is 9.34. The lowest BCUT2D eigenvalue weighted by Gasteiger charge is -2.07. The van der Waals surface area contributed by atoms with Crippen molar-refractivity contribution >= 4 is 5.78 Å². The average Bonchev–Trinajstić information content (AvgIpc) is 2.51. The SMILES string of the molecule is CCCCCCCCCCCCCC(=O)c1c(O)cc(O)cc1O. The van der Waals surface area contributed by atoms with Gasteiger partial charge in [0.25, 0.3) is 0 Å². The van der Waals surface area contributed by atoms with Crippen LogP contribution in [0.2, 0.25) is 0 Å². The Morgan fingerprint density at radius 1 is 0.750 bits per heavy atom. The number of carbonyl (C=O) groups is 1. The van der Waals surface area contributed by atoms with Gasteiger partial charge in [-0.25, -0.2) is 0 Å². The number of ketones is 1. The number of carbonyl (C=O) groups excluding carboxylic acids is 1. The highest BCUT2D eigenvalue weighted by atomic mass is 16.3. The van der Waals surface area contributed by atoms with Gasteiger partial charge in [-0.15, -0.1) is 0 Å². The molecule has 0 aliphatic rings. The molecule has 0 radical (unpaired) electrons. The highest BCUT2D eigenvalue weighted by Crippen LogP contribution is 2.33. The van der Waals surface area contributed by atoms with E-state index in [1.54, 1.807) is 0 Å². The molecule has 0 saturated carbocycles. The van der Waals surface area contributed by atoms with Crippen molar-refractivity contribution in [1.82, 2.24) is 0 Å². The van der Waals surface area contributed by atoms with Crippen LogP contribution in [0.4, 0.5) is 0 Å². The quantitative estimate of drug-likeness (QED) is 0.319. The van der Waals surface area contributed by atoms with E-state index in [0.717, 1.165) is 31.4 Å². The highest BCUT2D eigenvalue weighted by molar-refractivity contribution is 6.01. The molecule has 24 heavy (non-hydrogen) atoms. The van der Waals surface area contributed by atoms with Crippen molar-refractivity contribution in [2.24, 2.45) is 0 Å². The van der Waals surface area contributed by atoms with Crippen molar-refractivity contribution in [3.05, 3.63) is 17.7 Å². The molecule has 0 aliphatic heterocycles. The fourth-order valence-electron chi connectivity index (χ4n) is 2.96. The molecule has 0 aliphatic carbocycles. The van der Waals surface area contributed by atoms with E-state index < -0.39 is 0 Å². The zero-order valence-corrected chi connectivity index (χ0v) is 14.9. The third-order valence-corrected chi connectivity index (χ3v) is 4.37. The lowest BCUT2D eigenvalue weighted by molar-refractivity contribution is 0.0973. The van der Waals surface area contributed by atoms with Crippen LogP contribution in [0.3, 0.4) is 0 Å². The minimum atomic E-state index is -0.361. The van der Waals surface area contributed by atoms with Gasteiger partial charge in [0.05, 0.1) is 0 Å². The maximum absolute atomic E-state index is 12.1. The molecule has 0 spiro atoms. The number of benzene rings is 1. The standard InChI is InChI=1S/C20H32O4/c1-2-3-4-5-6-7-8-9-10-11-12-13-17(22)20-18(23)14-16(21)15-19(20)24/h14-15,21,23-24H,2-13H2,1H3. The summed E-state index contributed by atoms with van der Waals surface area (Å²) in [4.78, 5) is 12.1. The molecule has 1 rings (SSSR count). The monoisotopic (exact) mass is 336 g/mol. The van der Waals surface area contributed by atoms with Crippen molar-refractivity contribution in [2.75, 3.05) is 0 Å². The molecular weight excluding hydrogens is 304 g/mol. The van der Waals surface area contributed by atoms with Gasteiger partial charge in [0.1, 0.15) is 22.8 Å². The van der Waals surface area contributed by atoms with Crippen molar-refractivity contribution in [2.45, 2.75) is 84.0 Å². The van der Waals surface area contributed by atoms with Crippen LogP contribution >= 0.6 is 0 Å². The van der Waals surface area contributed by atoms with E-state index in [9.17, 15) is 20.1 Å². The number of hydrogen-bond donors (Lipinski definition) is 3. The van der Waals surface area contributed by atoms with Crippen LogP contribution in [0.15, 0.2) is 12.1 Å². The molecule has 0 atom stereocenters. The molecule has 0 unspecified atom stereocenters. The largest absolute Gasteiger partial charge is 0.508 e. The second-order valence-corrected chi connectivity index (χ2v) is 6.57. The first kappa shape index (κ1) is 20.3. The maximum Gasteiger partial charge on any atom is 0.170 e. The van der Waals surface area contributed by atoms with Gasteiger partial charge in [0.15, 0.2) is 5.78 Å². The molecule has 0 saturated heterocycles. The summed E-state index contributed by atoms with van der Waals surface area (Å²) >= 11 is 0. The predicted octanol–water partition coefficient (Wildman–Crippen LogP) is 5.69. The maximum atomic E-state index is 12.1. The first-order chi connectivity index (χ1) is 11.6. The predicted molar refractivity (Wildman–Crippen MR) is 96.8 cm³/mol. The molecule has 0 aromatic heterocycles. The first-order valence-electron chi connectivity index (χ1n) is 9.34. The van der Waals surface area contributed by atoms with E-state index in [2.05, 4.69) is 6.92 Å². The molecule has 1 aromatic rings. The fourth-order valence-corrected chi connectivity index (χ4v) is 2.96. The van der Waals surface area contributed by atoms with E-state index in [4.69, 9.17) is 0 Å². The third-order valence-electron chi connectivity index (χ3n) is 4.37. The topological polar surface area (TPSA) is 77.8 Å². The number of Topliss-reactive ketones (excluding diaryl/α,β-unsaturated/α-hetero) is 1. The van der Waals surface area contributed by atoms with Crippen LogP contribution in [-0.2, 0) is 0 Å². The lowest BCUT2D eigenvalue weighted by atomic mass is 10.0. The van der Waals surface area contributed by atoms with E-state index in [1.807, 2.05) is 0 Å². The number of phenols is 3. The van der Waals surface area contributed by atoms with E-state index in [-0.39, 0.29) is 28.6 Å². The molecule has 136 valence electrons. The van der Waals surface area contributed by atoms with Crippen LogP contribution in [-0.4, -0.2) is 21.1 Å². The molecular formula is C20H32O4. The Morgan fingerprint density at radius 3 is 1.62 bits per heavy atom. The molecule has 0 fully saturated rings. The third kappa shape index (κ3) is 7.71. The zero-order chi connectivity index (χ0) is 17.8. The van der Waals surface area contributed by atoms with Crippen LogP contribution in [0.1, 0.15) is 94.3 Å². The van der Waals surface area contributed by atoms with E-state index in [1.165, 1.54) is 51.4 Å². The fraction of sp³-hybridized carbons (Fsp3) is 0.650. The lowest BCUT2D eigenvalue weighted by Crippen LogP contribution is -2.00. The summed E-state index contributed by atoms with van der Waals surface area (Å²) in [7, 11) is 0. The van der Waals surface area contributed by atoms with Crippen molar-refractivity contribution < 1.29 is 20.1 Å². The Hall–Kier alpha value is -1.71. The molecule has 4 nitrogen and oxygen atoms in total. The summed E-state index contributed by atoms with van der Waals surface area (Å²) in [5.74, 6) is -1.25. The summed E-state index contributed by atoms with van der Waals surface area (Å²) < 4.78 is 0. The van der Waals surface area contributed by atoms with Crippen molar-refractivity contribution in [3.8, 4) is 17.2 Å². The highest BCUT2D eigenvalue weighted by Gasteiger charge is 2.17. The summed E-state index contributed by atoms with van der Waals surface area (Å²) in [6.07, 6.45) is 13.6. The number of unbranched alkanes of at least 4 members (excludes halogenated alkanes) is 10. The van der Waals surface area contributed by atoms with Gasteiger partial charge in [-0.05, 0) is 6.42 Å². The van der Waals surface area contributed by atoms with Crippen molar-refractivity contribution in [3.63, 3.8) is 0 Å². The van der Waals surface area contributed by atoms with Gasteiger partial charge < -0.3 is 15.3 Å². The summed E-state index contributed by atoms with van der Waals surface area (Å²) in [6, 6.07) is 2.15. The van der Waals surface area contributed by atoms with Crippen LogP contribution in [0.25, 0.3) is 0 Å². The summed E-state index contributed by atoms with van der Waals surface area (Å²) in [5.41, 5.74) is -0.0834. The van der Waals surface area contributed by atoms with Gasteiger partial charge in [-0.2, -0.15) is 0 Å². The number of phenolic OH excluding ortho intramolecular Hbond substituents is 3. The molecule has 0 bridgehead atoms. The number of hydrogen-bond acceptors (Lipinski definition) is 4. The molecule has 1 aromatic carbocycles. The smallest absolute Gasteiger partial charge is 0.170 e. The van der Waals surface area contributed by atoms with Crippen LogP contribution in [0.5, 0.6) is 17.2 Å². The average molecular weight is 336 g/mol. The van der Waals surface area contributed by atoms with Crippen LogP contribution < -0.4 is 0 Å². The Labute approximate surface area is 145 Å². The Bertz CT molecular complexity index is 473. The van der Waals surface area contributed by atoms with Crippen molar-refractivity contribution in [1.29, 1.82) is 0 Å². The number of aromatic hydroxyl groups is 3. The van der Waals surface area contributed by atoms with Gasteiger partial charge in [0, 0.05) is 18.6 Å². The minimum Gasteiger partial charge on any atom is -0.508 e. The second kappa shape index (κ2) is 11.8. The molecule has 4 heteroatoms. The molecule has 3 N–H and O–H groups in total. The van der Waals surface area contributed by atoms with Gasteiger partial charge in [0.2, 0.25) is 0 Å². The molecule has 0 heterocycles. The summed E-state index contributed by atoms with van der Waals surface area (Å²) in [5, 5.41) is 28.6. The zero-order valence-electron chi connectivity index (χ0n) is 14.9. The van der Waals surface area contributed by atoms with E-state index >= 15 is 0 Å². The normalized spacial score (nSPS) is 10.9. The Morgan fingerprint density at radius 2 is 1.17 bits per heavy atom. The van der Waals surface area contributed by atoms with Gasteiger partial charge >= 0.3 is 0 Å². The van der Waals surface area contributed by atoms with E-state index in [0.29, 0.717) is 6.42 Å².